The van der Waals surface area contributed by atoms with E-state index in [1.165, 1.54) is 18.2 Å². The molecule has 0 saturated carbocycles. The molecule has 2 rings (SSSR count). The van der Waals surface area contributed by atoms with Gasteiger partial charge in [0, 0.05) is 12.2 Å². The van der Waals surface area contributed by atoms with Gasteiger partial charge in [0.2, 0.25) is 11.9 Å². The second-order valence-corrected chi connectivity index (χ2v) is 6.79. The largest absolute Gasteiger partial charge is 0.464 e. The van der Waals surface area contributed by atoms with Gasteiger partial charge >= 0.3 is 16.6 Å². The maximum Gasteiger partial charge on any atom is 0.425 e. The first kappa shape index (κ1) is 23.2. The number of benzene rings is 1. The summed E-state index contributed by atoms with van der Waals surface area (Å²) in [6.45, 7) is 4.91. The predicted octanol–water partition coefficient (Wildman–Crippen LogP) is 1.08. The van der Waals surface area contributed by atoms with E-state index in [4.69, 9.17) is 21.9 Å². The highest BCUT2D eigenvalue weighted by Gasteiger charge is 2.11. The second-order valence-electron chi connectivity index (χ2n) is 4.96. The van der Waals surface area contributed by atoms with Crippen molar-refractivity contribution >= 4 is 38.3 Å². The Bertz CT molecular complexity index is 991. The molecule has 0 aliphatic rings. The van der Waals surface area contributed by atoms with Gasteiger partial charge in [-0.05, 0) is 31.5 Å². The average molecular weight is 433 g/mol. The lowest BCUT2D eigenvalue weighted by Gasteiger charge is -2.10. The number of aromatic nitrogens is 3. The molecule has 3 N–H and O–H groups in total. The minimum Gasteiger partial charge on any atom is -0.464 e. The number of ether oxygens (including phenoxy) is 1. The number of hydrogen-bond acceptors (Lipinski definition) is 11. The van der Waals surface area contributed by atoms with Crippen molar-refractivity contribution in [3.05, 3.63) is 24.3 Å². The van der Waals surface area contributed by atoms with Gasteiger partial charge in [-0.25, -0.2) is 0 Å². The summed E-state index contributed by atoms with van der Waals surface area (Å²) in [5, 5.41) is 5.91. The topological polar surface area (TPSA) is 178 Å². The zero-order chi connectivity index (χ0) is 21.2. The van der Waals surface area contributed by atoms with Crippen molar-refractivity contribution in [3.63, 3.8) is 0 Å². The molecule has 0 fully saturated rings. The van der Waals surface area contributed by atoms with E-state index in [9.17, 15) is 8.42 Å². The van der Waals surface area contributed by atoms with Crippen molar-refractivity contribution < 1.29 is 30.3 Å². The van der Waals surface area contributed by atoms with Crippen LogP contribution >= 0.6 is 0 Å². The van der Waals surface area contributed by atoms with Crippen LogP contribution in [0.3, 0.4) is 0 Å². The average Bonchev–Trinajstić information content (AvgIpc) is 2.59. The highest BCUT2D eigenvalue weighted by atomic mass is 32.2. The van der Waals surface area contributed by atoms with Crippen molar-refractivity contribution in [1.82, 2.24) is 15.0 Å². The number of rotatable bonds is 8. The highest BCUT2D eigenvalue weighted by molar-refractivity contribution is 7.85. The molecule has 0 unspecified atom stereocenters. The first-order chi connectivity index (χ1) is 13.2. The number of anilines is 3. The summed E-state index contributed by atoms with van der Waals surface area (Å²) in [4.78, 5) is 12.2. The van der Waals surface area contributed by atoms with Crippen molar-refractivity contribution in [2.45, 2.75) is 25.2 Å². The molecular weight excluding hydrogens is 414 g/mol. The minimum atomic E-state index is -4.28. The lowest BCUT2D eigenvalue weighted by atomic mass is 10.3. The first-order valence-corrected chi connectivity index (χ1v) is 10.3. The Hall–Kier alpha value is -2.84. The van der Waals surface area contributed by atoms with Crippen LogP contribution in [-0.4, -0.2) is 53.7 Å². The summed E-state index contributed by atoms with van der Waals surface area (Å²) >= 11 is 0. The molecule has 0 radical (unpaired) electrons. The molecule has 1 heterocycles. The van der Waals surface area contributed by atoms with Crippen molar-refractivity contribution in [3.8, 4) is 6.01 Å². The van der Waals surface area contributed by atoms with Gasteiger partial charge in [0.15, 0.2) is 0 Å². The maximum atomic E-state index is 11.2. The van der Waals surface area contributed by atoms with Crippen LogP contribution in [0.15, 0.2) is 29.2 Å². The van der Waals surface area contributed by atoms with Crippen LogP contribution in [0.5, 0.6) is 6.01 Å². The van der Waals surface area contributed by atoms with E-state index >= 15 is 0 Å². The molecular formula is C14H19N5O7S2. The Balaban J connectivity index is 0.000000892. The molecule has 0 amide bonds. The summed E-state index contributed by atoms with van der Waals surface area (Å²) in [5.41, 5.74) is 0.403. The van der Waals surface area contributed by atoms with Gasteiger partial charge in [-0.15, -0.1) is 12.6 Å². The molecule has 0 atom stereocenters. The third-order valence-corrected chi connectivity index (χ3v) is 3.66. The Kier molecular flexibility index (Phi) is 9.20. The zero-order valence-corrected chi connectivity index (χ0v) is 16.6. The molecule has 12 nitrogen and oxygen atoms in total. The zero-order valence-electron chi connectivity index (χ0n) is 15.0. The number of hydrogen-bond donors (Lipinski definition) is 3. The molecule has 0 spiro atoms. The molecule has 28 heavy (non-hydrogen) atoms. The molecule has 1 aromatic carbocycles. The van der Waals surface area contributed by atoms with Gasteiger partial charge in [-0.3, -0.25) is 4.55 Å². The maximum absolute atomic E-state index is 11.2. The lowest BCUT2D eigenvalue weighted by Crippen LogP contribution is -2.10. The number of nitrogens with zero attached hydrogens (tertiary/aromatic N) is 3. The van der Waals surface area contributed by atoms with Crippen molar-refractivity contribution in [1.29, 1.82) is 0 Å². The van der Waals surface area contributed by atoms with Crippen LogP contribution in [0.4, 0.5) is 17.6 Å². The molecule has 0 saturated heterocycles. The lowest BCUT2D eigenvalue weighted by molar-refractivity contribution is 0.312. The minimum absolute atomic E-state index is 0.152. The fourth-order valence-corrected chi connectivity index (χ4v) is 2.31. The predicted molar refractivity (Wildman–Crippen MR) is 99.0 cm³/mol. The van der Waals surface area contributed by atoms with Gasteiger partial charge in [0.1, 0.15) is 0 Å². The Morgan fingerprint density at radius 1 is 1.11 bits per heavy atom. The summed E-state index contributed by atoms with van der Waals surface area (Å²) in [7, 11) is -7.40. The normalized spacial score (nSPS) is 10.4. The van der Waals surface area contributed by atoms with Crippen LogP contribution in [0.2, 0.25) is 0 Å². The summed E-state index contributed by atoms with van der Waals surface area (Å²) in [6.07, 6.45) is 0.898. The summed E-state index contributed by atoms with van der Waals surface area (Å²) in [5.74, 6) is 0.545. The van der Waals surface area contributed by atoms with Crippen molar-refractivity contribution in [2.24, 2.45) is 0 Å². The molecule has 0 aliphatic heterocycles. The Morgan fingerprint density at radius 2 is 1.75 bits per heavy atom. The number of nitrogens with one attached hydrogen (secondary N) is 2. The second kappa shape index (κ2) is 11.1. The van der Waals surface area contributed by atoms with Crippen LogP contribution in [0.25, 0.3) is 0 Å². The van der Waals surface area contributed by atoms with Crippen molar-refractivity contribution in [2.75, 3.05) is 23.8 Å². The Morgan fingerprint density at radius 3 is 2.32 bits per heavy atom. The molecule has 2 aromatic rings. The van der Waals surface area contributed by atoms with E-state index in [-0.39, 0.29) is 16.9 Å². The third-order valence-electron chi connectivity index (χ3n) is 2.81. The molecule has 1 aromatic heterocycles. The van der Waals surface area contributed by atoms with E-state index < -0.39 is 20.7 Å². The first-order valence-electron chi connectivity index (χ1n) is 7.89. The SMILES string of the molecule is CCCNc1nc(Nc2cccc(S(=O)(=O)O)c2)nc(OCC)n1.O=S(=O)=O. The van der Waals surface area contributed by atoms with E-state index in [1.807, 2.05) is 13.8 Å². The standard InChI is InChI=1S/C14H19N5O4S.O3S/c1-3-8-15-12-17-13(19-14(18-12)23-4-2)16-10-6-5-7-11(9-10)24(20,21)22;1-4(2)3/h5-7,9H,3-4,8H2,1-2H3,(H,20,21,22)(H2,15,16,17,18,19);. The molecule has 0 bridgehead atoms. The van der Waals surface area contributed by atoms with E-state index in [0.717, 1.165) is 6.42 Å². The van der Waals surface area contributed by atoms with Crippen LogP contribution in [0, 0.1) is 0 Å². The van der Waals surface area contributed by atoms with Gasteiger partial charge in [-0.2, -0.15) is 23.4 Å². The highest BCUT2D eigenvalue weighted by Crippen LogP contribution is 2.20. The van der Waals surface area contributed by atoms with Gasteiger partial charge in [0.05, 0.1) is 11.5 Å². The molecule has 0 aliphatic carbocycles. The Labute approximate surface area is 163 Å². The van der Waals surface area contributed by atoms with Crippen LogP contribution in [0.1, 0.15) is 20.3 Å². The fourth-order valence-electron chi connectivity index (χ4n) is 1.79. The van der Waals surface area contributed by atoms with Crippen LogP contribution in [-0.2, 0) is 20.7 Å². The molecule has 14 heteroatoms. The summed E-state index contributed by atoms with van der Waals surface area (Å²) in [6, 6.07) is 5.83. The monoisotopic (exact) mass is 433 g/mol. The third kappa shape index (κ3) is 8.70. The van der Waals surface area contributed by atoms with E-state index in [1.54, 1.807) is 6.07 Å². The van der Waals surface area contributed by atoms with Crippen LogP contribution < -0.4 is 15.4 Å². The quantitative estimate of drug-likeness (QED) is 0.505. The van der Waals surface area contributed by atoms with Gasteiger partial charge < -0.3 is 15.4 Å². The molecule has 154 valence electrons. The van der Waals surface area contributed by atoms with E-state index in [2.05, 4.69) is 25.6 Å². The van der Waals surface area contributed by atoms with Gasteiger partial charge in [0.25, 0.3) is 10.1 Å². The summed E-state index contributed by atoms with van der Waals surface area (Å²) < 4.78 is 62.2. The van der Waals surface area contributed by atoms with Gasteiger partial charge in [-0.1, -0.05) is 13.0 Å². The van der Waals surface area contributed by atoms with E-state index in [0.29, 0.717) is 24.8 Å². The fraction of sp³-hybridized carbons (Fsp3) is 0.357. The smallest absolute Gasteiger partial charge is 0.425 e.